The van der Waals surface area contributed by atoms with Crippen LogP contribution in [0.25, 0.3) is 22.0 Å². The van der Waals surface area contributed by atoms with Crippen LogP contribution >= 0.6 is 0 Å². The maximum absolute atomic E-state index is 13.4. The fourth-order valence-corrected chi connectivity index (χ4v) is 4.35. The Hall–Kier alpha value is -3.66. The van der Waals surface area contributed by atoms with Gasteiger partial charge in [-0.15, -0.1) is 0 Å². The van der Waals surface area contributed by atoms with Gasteiger partial charge in [0.1, 0.15) is 23.0 Å². The second kappa shape index (κ2) is 6.99. The fraction of sp³-hybridized carbons (Fsp3) is 0.261. The molecule has 30 heavy (non-hydrogen) atoms. The maximum atomic E-state index is 13.4. The second-order valence-corrected chi connectivity index (χ2v) is 7.64. The normalized spacial score (nSPS) is 15.0. The van der Waals surface area contributed by atoms with Gasteiger partial charge in [-0.3, -0.25) is 4.79 Å². The number of aromatic nitrogens is 2. The Balaban J connectivity index is 1.48. The zero-order chi connectivity index (χ0) is 20.8. The van der Waals surface area contributed by atoms with Crippen molar-refractivity contribution in [2.45, 2.75) is 18.8 Å². The van der Waals surface area contributed by atoms with Gasteiger partial charge in [0.25, 0.3) is 5.56 Å². The predicted molar refractivity (Wildman–Crippen MR) is 112 cm³/mol. The number of hydrogen-bond acceptors (Lipinski definition) is 5. The predicted octanol–water partition coefficient (Wildman–Crippen LogP) is 4.07. The highest BCUT2D eigenvalue weighted by molar-refractivity contribution is 5.95. The molecule has 7 heteroatoms. The highest BCUT2D eigenvalue weighted by atomic mass is 19.1. The molecular formula is C23H19FN4O2. The minimum Gasteiger partial charge on any atom is -0.440 e. The van der Waals surface area contributed by atoms with Crippen molar-refractivity contribution in [2.75, 3.05) is 18.0 Å². The number of pyridine rings is 1. The van der Waals surface area contributed by atoms with Crippen molar-refractivity contribution in [3.63, 3.8) is 0 Å². The molecule has 0 radical (unpaired) electrons. The van der Waals surface area contributed by atoms with Crippen molar-refractivity contribution in [1.29, 1.82) is 5.26 Å². The number of para-hydroxylation sites is 1. The minimum atomic E-state index is -0.346. The first-order valence-electron chi connectivity index (χ1n) is 9.89. The molecule has 6 nitrogen and oxygen atoms in total. The highest BCUT2D eigenvalue weighted by Gasteiger charge is 2.28. The molecule has 0 saturated carbocycles. The molecule has 0 bridgehead atoms. The number of hydrogen-bond donors (Lipinski definition) is 0. The molecule has 0 N–H and O–H groups in total. The molecule has 0 amide bonds. The lowest BCUT2D eigenvalue weighted by Gasteiger charge is -2.33. The van der Waals surface area contributed by atoms with E-state index in [2.05, 4.69) is 16.0 Å². The molecule has 0 unspecified atom stereocenters. The largest absolute Gasteiger partial charge is 0.440 e. The number of rotatable bonds is 2. The van der Waals surface area contributed by atoms with Gasteiger partial charge in [0.05, 0.1) is 11.2 Å². The molecule has 0 spiro atoms. The highest BCUT2D eigenvalue weighted by Crippen LogP contribution is 2.35. The molecule has 1 fully saturated rings. The van der Waals surface area contributed by atoms with E-state index in [0.29, 0.717) is 35.8 Å². The molecule has 150 valence electrons. The molecule has 2 aromatic carbocycles. The standard InChI is InChI=1S/C23H19FN4O2/c1-27-19-5-3-2-4-16(19)21(17(13-25)23(27)29)28-10-8-14(9-11-28)22-26-18-7-6-15(24)12-20(18)30-22/h2-7,12,14H,8-11H2,1H3. The van der Waals surface area contributed by atoms with Gasteiger partial charge in [-0.25, -0.2) is 9.37 Å². The van der Waals surface area contributed by atoms with Crippen molar-refractivity contribution >= 4 is 27.7 Å². The summed E-state index contributed by atoms with van der Waals surface area (Å²) in [6.45, 7) is 1.34. The lowest BCUT2D eigenvalue weighted by molar-refractivity contribution is 0.407. The van der Waals surface area contributed by atoms with Gasteiger partial charge in [0, 0.05) is 37.5 Å². The lowest BCUT2D eigenvalue weighted by atomic mass is 9.95. The summed E-state index contributed by atoms with van der Waals surface area (Å²) < 4.78 is 20.8. The Morgan fingerprint density at radius 1 is 1.20 bits per heavy atom. The van der Waals surface area contributed by atoms with Crippen molar-refractivity contribution in [2.24, 2.45) is 7.05 Å². The molecule has 1 aliphatic rings. The van der Waals surface area contributed by atoms with Crippen molar-refractivity contribution in [1.82, 2.24) is 9.55 Å². The van der Waals surface area contributed by atoms with E-state index in [4.69, 9.17) is 4.42 Å². The SMILES string of the molecule is Cn1c(=O)c(C#N)c(N2CCC(c3nc4ccc(F)cc4o3)CC2)c2ccccc21. The summed E-state index contributed by atoms with van der Waals surface area (Å²) in [7, 11) is 1.69. The average Bonchev–Trinajstić information content (AvgIpc) is 3.19. The molecule has 2 aromatic heterocycles. The molecule has 5 rings (SSSR count). The number of nitriles is 1. The van der Waals surface area contributed by atoms with Crippen molar-refractivity contribution in [3.8, 4) is 6.07 Å². The number of piperidine rings is 1. The Morgan fingerprint density at radius 2 is 1.97 bits per heavy atom. The average molecular weight is 402 g/mol. The van der Waals surface area contributed by atoms with Crippen LogP contribution in [0, 0.1) is 17.1 Å². The van der Waals surface area contributed by atoms with E-state index in [0.717, 1.165) is 23.7 Å². The zero-order valence-corrected chi connectivity index (χ0v) is 16.4. The number of halogens is 1. The molecule has 0 aliphatic carbocycles. The smallest absolute Gasteiger partial charge is 0.270 e. The van der Waals surface area contributed by atoms with Crippen LogP contribution in [-0.2, 0) is 7.05 Å². The van der Waals surface area contributed by atoms with Crippen molar-refractivity contribution < 1.29 is 8.81 Å². The summed E-state index contributed by atoms with van der Waals surface area (Å²) in [5.41, 5.74) is 2.50. The third-order valence-corrected chi connectivity index (χ3v) is 5.92. The third-order valence-electron chi connectivity index (χ3n) is 5.92. The number of benzene rings is 2. The first-order chi connectivity index (χ1) is 14.6. The maximum Gasteiger partial charge on any atom is 0.270 e. The van der Waals surface area contributed by atoms with Gasteiger partial charge >= 0.3 is 0 Å². The van der Waals surface area contributed by atoms with Crippen LogP contribution in [0.2, 0.25) is 0 Å². The van der Waals surface area contributed by atoms with Gasteiger partial charge in [0.15, 0.2) is 11.5 Å². The molecule has 1 saturated heterocycles. The third kappa shape index (κ3) is 2.84. The Kier molecular flexibility index (Phi) is 4.28. The summed E-state index contributed by atoms with van der Waals surface area (Å²) in [5, 5.41) is 10.6. The van der Waals surface area contributed by atoms with E-state index in [-0.39, 0.29) is 22.9 Å². The fourth-order valence-electron chi connectivity index (χ4n) is 4.35. The van der Waals surface area contributed by atoms with E-state index in [1.165, 1.54) is 16.7 Å². The molecule has 3 heterocycles. The Labute approximate surface area is 171 Å². The van der Waals surface area contributed by atoms with Crippen LogP contribution in [-0.4, -0.2) is 22.6 Å². The van der Waals surface area contributed by atoms with Gasteiger partial charge in [0.2, 0.25) is 0 Å². The van der Waals surface area contributed by atoms with E-state index in [1.54, 1.807) is 13.1 Å². The van der Waals surface area contributed by atoms with E-state index < -0.39 is 0 Å². The summed E-state index contributed by atoms with van der Waals surface area (Å²) in [5.74, 6) is 0.381. The summed E-state index contributed by atoms with van der Waals surface area (Å²) in [6, 6.07) is 14.1. The minimum absolute atomic E-state index is 0.111. The van der Waals surface area contributed by atoms with E-state index in [1.807, 2.05) is 24.3 Å². The molecular weight excluding hydrogens is 383 g/mol. The van der Waals surface area contributed by atoms with Crippen LogP contribution in [0.4, 0.5) is 10.1 Å². The van der Waals surface area contributed by atoms with Crippen LogP contribution in [0.3, 0.4) is 0 Å². The van der Waals surface area contributed by atoms with Gasteiger partial charge in [-0.2, -0.15) is 5.26 Å². The van der Waals surface area contributed by atoms with Gasteiger partial charge < -0.3 is 13.9 Å². The van der Waals surface area contributed by atoms with Gasteiger partial charge in [-0.1, -0.05) is 18.2 Å². The number of oxazole rings is 1. The van der Waals surface area contributed by atoms with Crippen LogP contribution in [0.5, 0.6) is 0 Å². The summed E-state index contributed by atoms with van der Waals surface area (Å²) >= 11 is 0. The number of fused-ring (bicyclic) bond motifs is 2. The second-order valence-electron chi connectivity index (χ2n) is 7.64. The molecule has 1 aliphatic heterocycles. The lowest BCUT2D eigenvalue weighted by Crippen LogP contribution is -2.35. The molecule has 0 atom stereocenters. The first kappa shape index (κ1) is 18.4. The van der Waals surface area contributed by atoms with Crippen LogP contribution in [0.1, 0.15) is 30.2 Å². The summed E-state index contributed by atoms with van der Waals surface area (Å²) in [4.78, 5) is 19.4. The zero-order valence-electron chi connectivity index (χ0n) is 16.4. The monoisotopic (exact) mass is 402 g/mol. The van der Waals surface area contributed by atoms with E-state index in [9.17, 15) is 14.4 Å². The number of aryl methyl sites for hydroxylation is 1. The number of anilines is 1. The van der Waals surface area contributed by atoms with Crippen LogP contribution in [0.15, 0.2) is 51.7 Å². The molecule has 4 aromatic rings. The van der Waals surface area contributed by atoms with E-state index >= 15 is 0 Å². The summed E-state index contributed by atoms with van der Waals surface area (Å²) in [6.07, 6.45) is 1.54. The Bertz CT molecular complexity index is 1370. The van der Waals surface area contributed by atoms with Crippen LogP contribution < -0.4 is 10.5 Å². The van der Waals surface area contributed by atoms with Crippen molar-refractivity contribution in [3.05, 3.63) is 70.1 Å². The van der Waals surface area contributed by atoms with Gasteiger partial charge in [-0.05, 0) is 31.0 Å². The Morgan fingerprint density at radius 3 is 2.73 bits per heavy atom. The first-order valence-corrected chi connectivity index (χ1v) is 9.89. The topological polar surface area (TPSA) is 75.1 Å². The number of nitrogens with zero attached hydrogens (tertiary/aromatic N) is 4. The quantitative estimate of drug-likeness (QED) is 0.505.